The highest BCUT2D eigenvalue weighted by molar-refractivity contribution is 5.79. The minimum Gasteiger partial charge on any atom is -0.444 e. The zero-order valence-corrected chi connectivity index (χ0v) is 17.9. The van der Waals surface area contributed by atoms with E-state index in [0.717, 1.165) is 50.0 Å². The number of aliphatic imine (C=N–C) groups is 1. The van der Waals surface area contributed by atoms with Crippen molar-refractivity contribution >= 4 is 5.96 Å². The van der Waals surface area contributed by atoms with Gasteiger partial charge in [0, 0.05) is 38.4 Å². The van der Waals surface area contributed by atoms with E-state index in [4.69, 9.17) is 9.15 Å². The van der Waals surface area contributed by atoms with Crippen molar-refractivity contribution in [2.75, 3.05) is 26.8 Å². The van der Waals surface area contributed by atoms with Crippen molar-refractivity contribution in [2.24, 2.45) is 4.99 Å². The predicted octanol–water partition coefficient (Wildman–Crippen LogP) is 2.86. The average Bonchev–Trinajstić information content (AvgIpc) is 3.07. The molecule has 7 nitrogen and oxygen atoms in total. The number of oxazole rings is 1. The first-order valence-electron chi connectivity index (χ1n) is 10.3. The van der Waals surface area contributed by atoms with E-state index in [0.29, 0.717) is 12.4 Å². The lowest BCUT2D eigenvalue weighted by Crippen LogP contribution is -2.58. The van der Waals surface area contributed by atoms with Crippen LogP contribution in [0.15, 0.2) is 39.7 Å². The molecular formula is C22H33N5O2. The number of rotatable bonds is 7. The van der Waals surface area contributed by atoms with Crippen LogP contribution in [-0.4, -0.2) is 43.3 Å². The summed E-state index contributed by atoms with van der Waals surface area (Å²) < 4.78 is 11.3. The van der Waals surface area contributed by atoms with Gasteiger partial charge in [-0.3, -0.25) is 4.99 Å². The second-order valence-corrected chi connectivity index (χ2v) is 7.70. The number of ether oxygens (including phenoxy) is 1. The van der Waals surface area contributed by atoms with Crippen molar-refractivity contribution in [2.45, 2.75) is 51.7 Å². The molecule has 0 amide bonds. The lowest BCUT2D eigenvalue weighted by Gasteiger charge is -2.41. The van der Waals surface area contributed by atoms with Gasteiger partial charge in [0.05, 0.1) is 12.2 Å². The summed E-state index contributed by atoms with van der Waals surface area (Å²) in [5, 5.41) is 10.6. The minimum absolute atomic E-state index is 0.0543. The molecule has 3 N–H and O–H groups in total. The Hall–Kier alpha value is -2.38. The molecule has 0 spiro atoms. The van der Waals surface area contributed by atoms with E-state index in [9.17, 15) is 0 Å². The van der Waals surface area contributed by atoms with Crippen LogP contribution in [0, 0.1) is 13.8 Å². The van der Waals surface area contributed by atoms with Gasteiger partial charge in [0.15, 0.2) is 5.96 Å². The van der Waals surface area contributed by atoms with E-state index in [1.165, 1.54) is 5.56 Å². The molecule has 158 valence electrons. The Morgan fingerprint density at radius 1 is 1.17 bits per heavy atom. The molecule has 1 fully saturated rings. The molecule has 1 aliphatic heterocycles. The van der Waals surface area contributed by atoms with Crippen LogP contribution in [-0.2, 0) is 11.3 Å². The number of aryl methyl sites for hydroxylation is 2. The van der Waals surface area contributed by atoms with Crippen molar-refractivity contribution in [1.82, 2.24) is 20.9 Å². The molecule has 2 heterocycles. The average molecular weight is 400 g/mol. The highest BCUT2D eigenvalue weighted by Crippen LogP contribution is 2.25. The van der Waals surface area contributed by atoms with E-state index in [-0.39, 0.29) is 11.6 Å². The molecule has 1 aliphatic rings. The maximum atomic E-state index is 5.64. The molecule has 1 aromatic heterocycles. The Morgan fingerprint density at radius 3 is 2.52 bits per heavy atom. The zero-order valence-electron chi connectivity index (χ0n) is 17.9. The summed E-state index contributed by atoms with van der Waals surface area (Å²) in [7, 11) is 1.78. The summed E-state index contributed by atoms with van der Waals surface area (Å²) in [4.78, 5) is 8.76. The normalized spacial score (nSPS) is 17.7. The summed E-state index contributed by atoms with van der Waals surface area (Å²) in [6, 6.07) is 10.8. The summed E-state index contributed by atoms with van der Waals surface area (Å²) in [6.07, 6.45) is 1.90. The van der Waals surface area contributed by atoms with Gasteiger partial charge in [0.2, 0.25) is 5.89 Å². The highest BCUT2D eigenvalue weighted by atomic mass is 16.5. The van der Waals surface area contributed by atoms with E-state index < -0.39 is 0 Å². The third kappa shape index (κ3) is 5.81. The molecule has 1 saturated heterocycles. The van der Waals surface area contributed by atoms with E-state index >= 15 is 0 Å². The van der Waals surface area contributed by atoms with Crippen LogP contribution in [0.2, 0.25) is 0 Å². The minimum atomic E-state index is -0.0543. The zero-order chi connectivity index (χ0) is 20.7. The molecule has 0 saturated carbocycles. The van der Waals surface area contributed by atoms with E-state index in [1.54, 1.807) is 7.05 Å². The second-order valence-electron chi connectivity index (χ2n) is 7.70. The first-order chi connectivity index (χ1) is 14.0. The number of guanidine groups is 1. The number of hydrogen-bond donors (Lipinski definition) is 3. The first-order valence-corrected chi connectivity index (χ1v) is 10.3. The number of nitrogens with one attached hydrogen (secondary N) is 3. The summed E-state index contributed by atoms with van der Waals surface area (Å²) in [5.41, 5.74) is 2.15. The van der Waals surface area contributed by atoms with Gasteiger partial charge in [0.25, 0.3) is 0 Å². The van der Waals surface area contributed by atoms with Crippen molar-refractivity contribution in [3.05, 3.63) is 53.2 Å². The third-order valence-corrected chi connectivity index (χ3v) is 5.57. The fourth-order valence-electron chi connectivity index (χ4n) is 3.67. The predicted molar refractivity (Wildman–Crippen MR) is 115 cm³/mol. The van der Waals surface area contributed by atoms with Crippen LogP contribution in [0.1, 0.15) is 48.7 Å². The molecule has 3 rings (SSSR count). The van der Waals surface area contributed by atoms with E-state index in [1.807, 2.05) is 13.8 Å². The maximum absolute atomic E-state index is 5.64. The maximum Gasteiger partial charge on any atom is 0.214 e. The van der Waals surface area contributed by atoms with Crippen LogP contribution in [0.25, 0.3) is 0 Å². The number of hydrogen-bond acceptors (Lipinski definition) is 5. The Morgan fingerprint density at radius 2 is 1.90 bits per heavy atom. The molecule has 1 atom stereocenters. The molecule has 1 unspecified atom stereocenters. The number of benzene rings is 1. The molecule has 7 heteroatoms. The van der Waals surface area contributed by atoms with E-state index in [2.05, 4.69) is 63.2 Å². The quantitative estimate of drug-likeness (QED) is 0.490. The topological polar surface area (TPSA) is 83.7 Å². The molecule has 29 heavy (non-hydrogen) atoms. The van der Waals surface area contributed by atoms with Crippen LogP contribution in [0.4, 0.5) is 0 Å². The van der Waals surface area contributed by atoms with Crippen molar-refractivity contribution in [3.8, 4) is 0 Å². The SMILES string of the molecule is CN=C(NCc1nc(C)c(C)o1)NCC1(NC(C)c2ccccc2)CCOCC1. The highest BCUT2D eigenvalue weighted by Gasteiger charge is 2.34. The number of nitrogens with zero attached hydrogens (tertiary/aromatic N) is 2. The van der Waals surface area contributed by atoms with Crippen LogP contribution in [0.3, 0.4) is 0 Å². The first kappa shape index (κ1) is 21.3. The molecule has 1 aromatic carbocycles. The van der Waals surface area contributed by atoms with Gasteiger partial charge in [0.1, 0.15) is 5.76 Å². The van der Waals surface area contributed by atoms with Crippen LogP contribution >= 0.6 is 0 Å². The van der Waals surface area contributed by atoms with Crippen LogP contribution < -0.4 is 16.0 Å². The van der Waals surface area contributed by atoms with Gasteiger partial charge >= 0.3 is 0 Å². The fraction of sp³-hybridized carbons (Fsp3) is 0.545. The lowest BCUT2D eigenvalue weighted by molar-refractivity contribution is 0.0355. The molecule has 2 aromatic rings. The van der Waals surface area contributed by atoms with Gasteiger partial charge in [-0.25, -0.2) is 4.98 Å². The molecule has 0 bridgehead atoms. The molecule has 0 aliphatic carbocycles. The van der Waals surface area contributed by atoms with Gasteiger partial charge in [-0.2, -0.15) is 0 Å². The smallest absolute Gasteiger partial charge is 0.214 e. The van der Waals surface area contributed by atoms with Gasteiger partial charge in [-0.15, -0.1) is 0 Å². The molecular weight excluding hydrogens is 366 g/mol. The Balaban J connectivity index is 1.60. The lowest BCUT2D eigenvalue weighted by atomic mass is 9.88. The fourth-order valence-corrected chi connectivity index (χ4v) is 3.67. The summed E-state index contributed by atoms with van der Waals surface area (Å²) in [6.45, 7) is 8.87. The van der Waals surface area contributed by atoms with Crippen molar-refractivity contribution in [3.63, 3.8) is 0 Å². The standard InChI is InChI=1S/C22H33N5O2/c1-16-18(3)29-20(26-16)14-24-21(23-4)25-15-22(10-12-28-13-11-22)27-17(2)19-8-6-5-7-9-19/h5-9,17,27H,10-15H2,1-4H3,(H2,23,24,25). The van der Waals surface area contributed by atoms with Gasteiger partial charge < -0.3 is 25.1 Å². The summed E-state index contributed by atoms with van der Waals surface area (Å²) >= 11 is 0. The Labute approximate surface area is 173 Å². The molecule has 0 radical (unpaired) electrons. The largest absolute Gasteiger partial charge is 0.444 e. The van der Waals surface area contributed by atoms with Crippen molar-refractivity contribution in [1.29, 1.82) is 0 Å². The number of aromatic nitrogens is 1. The monoisotopic (exact) mass is 399 g/mol. The van der Waals surface area contributed by atoms with Crippen molar-refractivity contribution < 1.29 is 9.15 Å². The second kappa shape index (κ2) is 9.89. The van der Waals surface area contributed by atoms with Gasteiger partial charge in [-0.1, -0.05) is 30.3 Å². The van der Waals surface area contributed by atoms with Gasteiger partial charge in [-0.05, 0) is 39.2 Å². The third-order valence-electron chi connectivity index (χ3n) is 5.57. The Kier molecular flexibility index (Phi) is 7.28. The summed E-state index contributed by atoms with van der Waals surface area (Å²) in [5.74, 6) is 2.25. The van der Waals surface area contributed by atoms with Crippen LogP contribution in [0.5, 0.6) is 0 Å². The Bertz CT molecular complexity index is 777.